The van der Waals surface area contributed by atoms with Crippen molar-refractivity contribution < 1.29 is 44.3 Å². The number of rotatable bonds is 7. The van der Waals surface area contributed by atoms with Gasteiger partial charge in [0.05, 0.1) is 23.4 Å². The van der Waals surface area contributed by atoms with Crippen molar-refractivity contribution in [2.45, 2.75) is 106 Å². The molecule has 6 atom stereocenters. The number of primary amides is 1. The molecule has 266 valence electrons. The molecule has 5 aliphatic carbocycles. The molecule has 3 fully saturated rings. The van der Waals surface area contributed by atoms with Gasteiger partial charge >= 0.3 is 5.97 Å². The Balaban J connectivity index is 1.64. The Bertz CT molecular complexity index is 1650. The van der Waals surface area contributed by atoms with E-state index in [9.17, 15) is 39.6 Å². The molecule has 1 aromatic rings. The predicted molar refractivity (Wildman–Crippen MR) is 184 cm³/mol. The van der Waals surface area contributed by atoms with Crippen molar-refractivity contribution in [3.63, 3.8) is 0 Å². The molecule has 1 amide bonds. The van der Waals surface area contributed by atoms with Crippen LogP contribution in [0.3, 0.4) is 0 Å². The summed E-state index contributed by atoms with van der Waals surface area (Å²) in [7, 11) is 3.06. The molecule has 0 saturated heterocycles. The summed E-state index contributed by atoms with van der Waals surface area (Å²) in [6, 6.07) is 2.24. The van der Waals surface area contributed by atoms with E-state index in [-0.39, 0.29) is 16.9 Å². The topological polar surface area (TPSA) is 188 Å². The molecular formula is C37H48N2O9S. The average Bonchev–Trinajstić information content (AvgIpc) is 3.74. The third-order valence-electron chi connectivity index (χ3n) is 11.5. The number of carbonyl (C=O) groups is 4. The van der Waals surface area contributed by atoms with Gasteiger partial charge in [-0.25, -0.2) is 0 Å². The number of nitrogens with zero attached hydrogens (tertiary/aromatic N) is 1. The molecule has 0 spiro atoms. The maximum Gasteiger partial charge on any atom is 0.309 e. The van der Waals surface area contributed by atoms with Crippen LogP contribution < -0.4 is 5.73 Å². The van der Waals surface area contributed by atoms with Gasteiger partial charge in [0.15, 0.2) is 11.4 Å². The first kappa shape index (κ1) is 35.5. The molecule has 11 nitrogen and oxygen atoms in total. The average molecular weight is 697 g/mol. The van der Waals surface area contributed by atoms with Gasteiger partial charge < -0.3 is 30.9 Å². The van der Waals surface area contributed by atoms with Crippen molar-refractivity contribution in [2.75, 3.05) is 19.8 Å². The van der Waals surface area contributed by atoms with Gasteiger partial charge in [0.2, 0.25) is 5.78 Å². The van der Waals surface area contributed by atoms with E-state index in [1.54, 1.807) is 17.8 Å². The summed E-state index contributed by atoms with van der Waals surface area (Å²) in [5, 5.41) is 48.3. The molecule has 0 heterocycles. The van der Waals surface area contributed by atoms with Crippen molar-refractivity contribution in [2.24, 2.45) is 23.5 Å². The Morgan fingerprint density at radius 3 is 2.20 bits per heavy atom. The van der Waals surface area contributed by atoms with Crippen LogP contribution in [0.5, 0.6) is 5.75 Å². The fourth-order valence-electron chi connectivity index (χ4n) is 9.04. The minimum atomic E-state index is -2.97. The van der Waals surface area contributed by atoms with Crippen molar-refractivity contribution in [1.82, 2.24) is 4.90 Å². The molecule has 6 N–H and O–H groups in total. The van der Waals surface area contributed by atoms with Gasteiger partial charge in [-0.3, -0.25) is 24.1 Å². The lowest BCUT2D eigenvalue weighted by Crippen LogP contribution is -2.71. The van der Waals surface area contributed by atoms with E-state index in [4.69, 9.17) is 10.5 Å². The molecule has 0 aliphatic heterocycles. The molecule has 0 aromatic heterocycles. The van der Waals surface area contributed by atoms with Gasteiger partial charge in [-0.15, -0.1) is 0 Å². The number of esters is 1. The number of ketones is 2. The second kappa shape index (κ2) is 12.8. The summed E-state index contributed by atoms with van der Waals surface area (Å²) in [4.78, 5) is 56.8. The number of nitrogens with two attached hydrogens (primary N) is 1. The summed E-state index contributed by atoms with van der Waals surface area (Å²) in [5.41, 5.74) is 1.92. The highest BCUT2D eigenvalue weighted by Crippen LogP contribution is 2.59. The second-order valence-electron chi connectivity index (χ2n) is 15.7. The Morgan fingerprint density at radius 1 is 1.02 bits per heavy atom. The van der Waals surface area contributed by atoms with E-state index in [0.717, 1.165) is 38.5 Å². The first-order valence-corrected chi connectivity index (χ1v) is 18.4. The van der Waals surface area contributed by atoms with Crippen LogP contribution in [0.4, 0.5) is 0 Å². The third kappa shape index (κ3) is 5.58. The summed E-state index contributed by atoms with van der Waals surface area (Å²) in [6.07, 6.45) is 5.69. The number of carbonyl (C=O) groups excluding carboxylic acids is 4. The molecule has 49 heavy (non-hydrogen) atoms. The first-order chi connectivity index (χ1) is 23.0. The maximum atomic E-state index is 14.9. The van der Waals surface area contributed by atoms with Crippen LogP contribution in [0, 0.1) is 17.8 Å². The molecule has 3 saturated carbocycles. The normalized spacial score (nSPS) is 30.9. The first-order valence-electron chi connectivity index (χ1n) is 17.3. The molecule has 6 rings (SSSR count). The van der Waals surface area contributed by atoms with Crippen LogP contribution in [-0.2, 0) is 29.3 Å². The fourth-order valence-corrected chi connectivity index (χ4v) is 10.6. The fraction of sp³-hybridized carbons (Fsp3) is 0.622. The summed E-state index contributed by atoms with van der Waals surface area (Å²) in [6.45, 7) is 5.72. The smallest absolute Gasteiger partial charge is 0.309 e. The Hall–Kier alpha value is -3.35. The number of phenols is 1. The van der Waals surface area contributed by atoms with Gasteiger partial charge in [-0.05, 0) is 50.8 Å². The number of aliphatic hydroxyl groups excluding tert-OH is 2. The van der Waals surface area contributed by atoms with E-state index >= 15 is 0 Å². The highest BCUT2D eigenvalue weighted by atomic mass is 32.2. The van der Waals surface area contributed by atoms with Crippen LogP contribution in [0.1, 0.15) is 94.7 Å². The molecule has 0 unspecified atom stereocenters. The van der Waals surface area contributed by atoms with E-state index in [1.165, 1.54) is 19.0 Å². The number of fused-ring (bicyclic) bond motifs is 3. The van der Waals surface area contributed by atoms with Crippen molar-refractivity contribution in [3.05, 3.63) is 45.7 Å². The Morgan fingerprint density at radius 2 is 1.63 bits per heavy atom. The minimum Gasteiger partial charge on any atom is -0.508 e. The standard InChI is InChI=1S/C37H48N2O9S/c1-36(2,3)21-15-14-19-20(16-49-18-12-8-9-13-18)22-24(29(41)23(19)28(21)40)32(43)37(47)26(31(22)48-35(46)17-10-6-7-11-17)27(39(4)5)30(42)25(33(37)44)34(38)45/h14-15,17-18,20,22,26-27,31,40-41,44,47H,6-13,16H2,1-5H3,(H2,38,45)/t20-,22+,26+,27-,31-,37-/m0/s1. The van der Waals surface area contributed by atoms with Crippen molar-refractivity contribution in [1.29, 1.82) is 0 Å². The quantitative estimate of drug-likeness (QED) is 0.203. The molecular weight excluding hydrogens is 648 g/mol. The second-order valence-corrected chi connectivity index (χ2v) is 17.0. The zero-order valence-electron chi connectivity index (χ0n) is 28.8. The van der Waals surface area contributed by atoms with Crippen LogP contribution in [0.15, 0.2) is 29.0 Å². The van der Waals surface area contributed by atoms with Crippen LogP contribution >= 0.6 is 11.8 Å². The Labute approximate surface area is 290 Å². The Kier molecular flexibility index (Phi) is 9.24. The number of thioether (sulfide) groups is 1. The number of benzene rings is 1. The summed E-state index contributed by atoms with van der Waals surface area (Å²) < 4.78 is 6.38. The lowest BCUT2D eigenvalue weighted by molar-refractivity contribution is -0.187. The number of ether oxygens (including phenoxy) is 1. The van der Waals surface area contributed by atoms with Gasteiger partial charge in [0.25, 0.3) is 5.91 Å². The zero-order chi connectivity index (χ0) is 35.7. The van der Waals surface area contributed by atoms with Crippen molar-refractivity contribution >= 4 is 41.0 Å². The molecule has 12 heteroatoms. The molecule has 0 bridgehead atoms. The van der Waals surface area contributed by atoms with E-state index in [1.807, 2.05) is 26.8 Å². The van der Waals surface area contributed by atoms with E-state index < -0.39 is 87.4 Å². The number of likely N-dealkylation sites (N-methyl/N-ethyl adjacent to an activating group) is 1. The van der Waals surface area contributed by atoms with Gasteiger partial charge in [0, 0.05) is 34.0 Å². The minimum absolute atomic E-state index is 0.0432. The number of aliphatic hydroxyl groups is 3. The number of phenolic OH excluding ortho intramolecular Hbond substituents is 1. The third-order valence-corrected chi connectivity index (χ3v) is 13.0. The molecule has 0 radical (unpaired) electrons. The monoisotopic (exact) mass is 696 g/mol. The highest BCUT2D eigenvalue weighted by Gasteiger charge is 2.70. The van der Waals surface area contributed by atoms with Gasteiger partial charge in [0.1, 0.15) is 28.9 Å². The molecule has 5 aliphatic rings. The number of hydrogen-bond donors (Lipinski definition) is 5. The van der Waals surface area contributed by atoms with Gasteiger partial charge in [-0.2, -0.15) is 11.8 Å². The van der Waals surface area contributed by atoms with Crippen LogP contribution in [0.2, 0.25) is 0 Å². The zero-order valence-corrected chi connectivity index (χ0v) is 29.6. The van der Waals surface area contributed by atoms with E-state index in [2.05, 4.69) is 0 Å². The van der Waals surface area contributed by atoms with Crippen LogP contribution in [0.25, 0.3) is 5.76 Å². The van der Waals surface area contributed by atoms with Gasteiger partial charge in [-0.1, -0.05) is 58.6 Å². The number of Topliss-reactive ketones (excluding diaryl/α,β-unsaturated/α-hetero) is 2. The highest BCUT2D eigenvalue weighted by molar-refractivity contribution is 7.99. The number of amides is 1. The molecule has 1 aromatic carbocycles. The lowest BCUT2D eigenvalue weighted by atomic mass is 9.54. The lowest BCUT2D eigenvalue weighted by Gasteiger charge is -2.55. The van der Waals surface area contributed by atoms with E-state index in [0.29, 0.717) is 35.0 Å². The number of aromatic hydroxyl groups is 1. The summed E-state index contributed by atoms with van der Waals surface area (Å²) >= 11 is 1.72. The largest absolute Gasteiger partial charge is 0.508 e. The maximum absolute atomic E-state index is 14.9. The SMILES string of the molecule is CN(C)[C@@H]1C(=O)C(C(N)=O)=C(O)[C@@]2(O)C(=O)C3=C(O)c4c(ccc(C(C)(C)C)c4O)[C@H](CSC4CCCC4)[C@H]3[C@H](OC(=O)C3CCCC3)[C@@H]12. The number of hydrogen-bond acceptors (Lipinski definition) is 11. The van der Waals surface area contributed by atoms with Crippen LogP contribution in [-0.4, -0.2) is 91.6 Å². The predicted octanol–water partition coefficient (Wildman–Crippen LogP) is 4.19. The summed E-state index contributed by atoms with van der Waals surface area (Å²) in [5.74, 6) is -9.19. The van der Waals surface area contributed by atoms with Crippen molar-refractivity contribution in [3.8, 4) is 5.75 Å².